The van der Waals surface area contributed by atoms with E-state index >= 15 is 0 Å². The largest absolute Gasteiger partial charge is 0.384 e. The summed E-state index contributed by atoms with van der Waals surface area (Å²) in [5, 5.41) is 5.80. The van der Waals surface area contributed by atoms with Crippen molar-refractivity contribution in [1.29, 1.82) is 0 Å². The highest BCUT2D eigenvalue weighted by Crippen LogP contribution is 2.19. The van der Waals surface area contributed by atoms with Crippen molar-refractivity contribution in [1.82, 2.24) is 0 Å². The predicted molar refractivity (Wildman–Crippen MR) is 87.3 cm³/mol. The molecule has 0 unspecified atom stereocenters. The summed E-state index contributed by atoms with van der Waals surface area (Å²) in [5.41, 5.74) is 1.41. The Labute approximate surface area is 135 Å². The van der Waals surface area contributed by atoms with Crippen LogP contribution in [0.2, 0.25) is 5.02 Å². The Bertz CT molecular complexity index is 651. The molecule has 0 heterocycles. The van der Waals surface area contributed by atoms with Crippen LogP contribution in [0, 0.1) is 5.82 Å². The molecule has 0 saturated heterocycles. The van der Waals surface area contributed by atoms with E-state index in [-0.39, 0.29) is 10.9 Å². The van der Waals surface area contributed by atoms with Gasteiger partial charge in [0.2, 0.25) is 5.91 Å². The summed E-state index contributed by atoms with van der Waals surface area (Å²) in [6.07, 6.45) is 0.293. The molecule has 3 nitrogen and oxygen atoms in total. The van der Waals surface area contributed by atoms with Crippen LogP contribution in [0.5, 0.6) is 0 Å². The Balaban J connectivity index is 1.81. The van der Waals surface area contributed by atoms with Crippen molar-refractivity contribution >= 4 is 44.8 Å². The quantitative estimate of drug-likeness (QED) is 0.801. The molecular formula is C15H13BrClFN2O. The van der Waals surface area contributed by atoms with Crippen molar-refractivity contribution in [2.24, 2.45) is 0 Å². The first-order chi connectivity index (χ1) is 10.0. The Kier molecular flexibility index (Phi) is 5.59. The van der Waals surface area contributed by atoms with E-state index in [1.54, 1.807) is 0 Å². The van der Waals surface area contributed by atoms with Crippen molar-refractivity contribution < 1.29 is 9.18 Å². The van der Waals surface area contributed by atoms with E-state index < -0.39 is 5.82 Å². The van der Waals surface area contributed by atoms with Gasteiger partial charge in [-0.05, 0) is 36.4 Å². The van der Waals surface area contributed by atoms with Crippen LogP contribution in [0.25, 0.3) is 0 Å². The van der Waals surface area contributed by atoms with Crippen LogP contribution in [0.1, 0.15) is 6.42 Å². The number of anilines is 2. The van der Waals surface area contributed by atoms with Gasteiger partial charge in [0, 0.05) is 28.8 Å². The molecule has 1 amide bonds. The van der Waals surface area contributed by atoms with Crippen LogP contribution >= 0.6 is 27.5 Å². The maximum Gasteiger partial charge on any atom is 0.226 e. The summed E-state index contributed by atoms with van der Waals surface area (Å²) < 4.78 is 14.0. The summed E-state index contributed by atoms with van der Waals surface area (Å²) >= 11 is 9.03. The van der Waals surface area contributed by atoms with Crippen LogP contribution in [0.3, 0.4) is 0 Å². The molecule has 0 spiro atoms. The van der Waals surface area contributed by atoms with Gasteiger partial charge in [-0.3, -0.25) is 4.79 Å². The molecule has 0 aromatic heterocycles. The van der Waals surface area contributed by atoms with Crippen LogP contribution in [0.15, 0.2) is 46.9 Å². The highest BCUT2D eigenvalue weighted by atomic mass is 79.9. The molecule has 0 saturated carbocycles. The predicted octanol–water partition coefficient (Wildman–Crippen LogP) is 4.68. The van der Waals surface area contributed by atoms with Gasteiger partial charge >= 0.3 is 0 Å². The van der Waals surface area contributed by atoms with Gasteiger partial charge in [0.05, 0.1) is 5.02 Å². The van der Waals surface area contributed by atoms with E-state index in [1.807, 2.05) is 24.3 Å². The topological polar surface area (TPSA) is 41.1 Å². The lowest BCUT2D eigenvalue weighted by molar-refractivity contribution is -0.115. The number of amides is 1. The van der Waals surface area contributed by atoms with Crippen molar-refractivity contribution in [2.75, 3.05) is 17.2 Å². The van der Waals surface area contributed by atoms with Crippen LogP contribution in [-0.2, 0) is 4.79 Å². The minimum atomic E-state index is -0.508. The van der Waals surface area contributed by atoms with Crippen LogP contribution in [0.4, 0.5) is 15.8 Å². The Morgan fingerprint density at radius 2 is 2.00 bits per heavy atom. The van der Waals surface area contributed by atoms with Crippen molar-refractivity contribution in [3.63, 3.8) is 0 Å². The fourth-order valence-electron chi connectivity index (χ4n) is 1.72. The van der Waals surface area contributed by atoms with E-state index in [1.165, 1.54) is 18.2 Å². The first-order valence-electron chi connectivity index (χ1n) is 6.29. The average molecular weight is 372 g/mol. The van der Waals surface area contributed by atoms with E-state index in [9.17, 15) is 9.18 Å². The van der Waals surface area contributed by atoms with Crippen LogP contribution < -0.4 is 10.6 Å². The highest BCUT2D eigenvalue weighted by Gasteiger charge is 2.05. The van der Waals surface area contributed by atoms with Crippen LogP contribution in [-0.4, -0.2) is 12.5 Å². The molecule has 2 N–H and O–H groups in total. The number of nitrogens with one attached hydrogen (secondary N) is 2. The number of rotatable bonds is 5. The second-order valence-electron chi connectivity index (χ2n) is 4.36. The second-order valence-corrected chi connectivity index (χ2v) is 5.69. The lowest BCUT2D eigenvalue weighted by Crippen LogP contribution is -2.16. The van der Waals surface area contributed by atoms with E-state index in [0.717, 1.165) is 10.2 Å². The smallest absolute Gasteiger partial charge is 0.226 e. The molecule has 0 radical (unpaired) electrons. The van der Waals surface area contributed by atoms with Gasteiger partial charge in [-0.1, -0.05) is 33.6 Å². The monoisotopic (exact) mass is 370 g/mol. The third-order valence-corrected chi connectivity index (χ3v) is 3.49. The van der Waals surface area contributed by atoms with Gasteiger partial charge in [-0.2, -0.15) is 0 Å². The third-order valence-electron chi connectivity index (χ3n) is 2.71. The van der Waals surface area contributed by atoms with Crippen molar-refractivity contribution in [3.8, 4) is 0 Å². The fraction of sp³-hybridized carbons (Fsp3) is 0.133. The number of carbonyl (C=O) groups is 1. The number of carbonyl (C=O) groups excluding carboxylic acids is 1. The molecule has 2 aromatic rings. The van der Waals surface area contributed by atoms with Gasteiger partial charge in [-0.15, -0.1) is 0 Å². The normalized spacial score (nSPS) is 10.2. The Morgan fingerprint density at radius 3 is 2.71 bits per heavy atom. The van der Waals surface area contributed by atoms with E-state index in [0.29, 0.717) is 18.7 Å². The minimum absolute atomic E-state index is 0.0138. The molecule has 0 aliphatic rings. The summed E-state index contributed by atoms with van der Waals surface area (Å²) in [6, 6.07) is 11.8. The number of hydrogen-bond acceptors (Lipinski definition) is 2. The SMILES string of the molecule is O=C(CCNc1cccc(Br)c1)Nc1ccc(F)c(Cl)c1. The lowest BCUT2D eigenvalue weighted by Gasteiger charge is -2.08. The molecule has 6 heteroatoms. The number of halogens is 3. The maximum absolute atomic E-state index is 13.0. The zero-order valence-electron chi connectivity index (χ0n) is 11.0. The molecule has 0 fully saturated rings. The minimum Gasteiger partial charge on any atom is -0.384 e. The molecule has 2 rings (SSSR count). The summed E-state index contributed by atoms with van der Waals surface area (Å²) in [6.45, 7) is 0.497. The molecule has 21 heavy (non-hydrogen) atoms. The maximum atomic E-state index is 13.0. The van der Waals surface area contributed by atoms with E-state index in [4.69, 9.17) is 11.6 Å². The van der Waals surface area contributed by atoms with Gasteiger partial charge < -0.3 is 10.6 Å². The first-order valence-corrected chi connectivity index (χ1v) is 7.46. The number of hydrogen-bond donors (Lipinski definition) is 2. The molecule has 2 aromatic carbocycles. The second kappa shape index (κ2) is 7.43. The summed E-state index contributed by atoms with van der Waals surface area (Å²) in [4.78, 5) is 11.8. The summed E-state index contributed by atoms with van der Waals surface area (Å²) in [5.74, 6) is -0.675. The zero-order valence-corrected chi connectivity index (χ0v) is 13.3. The van der Waals surface area contributed by atoms with Crippen molar-refractivity contribution in [3.05, 3.63) is 57.8 Å². The van der Waals surface area contributed by atoms with Gasteiger partial charge in [-0.25, -0.2) is 4.39 Å². The lowest BCUT2D eigenvalue weighted by atomic mass is 10.3. The first kappa shape index (κ1) is 15.8. The highest BCUT2D eigenvalue weighted by molar-refractivity contribution is 9.10. The Hall–Kier alpha value is -1.59. The molecule has 110 valence electrons. The average Bonchev–Trinajstić information content (AvgIpc) is 2.43. The fourth-order valence-corrected chi connectivity index (χ4v) is 2.30. The van der Waals surface area contributed by atoms with E-state index in [2.05, 4.69) is 26.6 Å². The van der Waals surface area contributed by atoms with Crippen molar-refractivity contribution in [2.45, 2.75) is 6.42 Å². The molecule has 0 bridgehead atoms. The van der Waals surface area contributed by atoms with Gasteiger partial charge in [0.25, 0.3) is 0 Å². The standard InChI is InChI=1S/C15H13BrClFN2O/c16-10-2-1-3-11(8-10)19-7-6-15(21)20-12-4-5-14(18)13(17)9-12/h1-5,8-9,19H,6-7H2,(H,20,21). The number of benzene rings is 2. The van der Waals surface area contributed by atoms with Gasteiger partial charge in [0.15, 0.2) is 0 Å². The molecule has 0 aliphatic carbocycles. The Morgan fingerprint density at radius 1 is 1.19 bits per heavy atom. The summed E-state index contributed by atoms with van der Waals surface area (Å²) in [7, 11) is 0. The van der Waals surface area contributed by atoms with Gasteiger partial charge in [0.1, 0.15) is 5.82 Å². The zero-order chi connectivity index (χ0) is 15.2. The molecule has 0 aliphatic heterocycles. The molecular weight excluding hydrogens is 359 g/mol. The molecule has 0 atom stereocenters. The third kappa shape index (κ3) is 5.02.